The Morgan fingerprint density at radius 3 is 2.33 bits per heavy atom. The predicted octanol–water partition coefficient (Wildman–Crippen LogP) is 6.00. The summed E-state index contributed by atoms with van der Waals surface area (Å²) in [6.07, 6.45) is 2.55. The summed E-state index contributed by atoms with van der Waals surface area (Å²) in [6, 6.07) is 21.1. The minimum absolute atomic E-state index is 0.0218. The Balaban J connectivity index is 1.19. The zero-order valence-corrected chi connectivity index (χ0v) is 23.8. The lowest BCUT2D eigenvalue weighted by atomic mass is 10.0. The van der Waals surface area contributed by atoms with Crippen molar-refractivity contribution in [2.75, 3.05) is 25.0 Å². The van der Waals surface area contributed by atoms with E-state index in [1.807, 2.05) is 73.3 Å². The van der Waals surface area contributed by atoms with Gasteiger partial charge in [-0.1, -0.05) is 48.5 Å². The van der Waals surface area contributed by atoms with Crippen molar-refractivity contribution < 1.29 is 29.0 Å². The number of carboxylic acid groups (broad SMARTS) is 1. The smallest absolute Gasteiger partial charge is 0.415 e. The first-order valence-electron chi connectivity index (χ1n) is 14.1. The van der Waals surface area contributed by atoms with Gasteiger partial charge in [-0.2, -0.15) is 0 Å². The van der Waals surface area contributed by atoms with Gasteiger partial charge in [-0.15, -0.1) is 0 Å². The van der Waals surface area contributed by atoms with Crippen LogP contribution in [0.1, 0.15) is 40.7 Å². The molecular weight excluding hydrogens is 534 g/mol. The van der Waals surface area contributed by atoms with E-state index < -0.39 is 17.8 Å². The second kappa shape index (κ2) is 12.8. The minimum atomic E-state index is -1.33. The van der Waals surface area contributed by atoms with Gasteiger partial charge in [-0.05, 0) is 85.2 Å². The van der Waals surface area contributed by atoms with E-state index in [9.17, 15) is 19.5 Å². The number of ether oxygens (including phenoxy) is 2. The van der Waals surface area contributed by atoms with Crippen molar-refractivity contribution in [3.05, 3.63) is 100 Å². The van der Waals surface area contributed by atoms with Gasteiger partial charge in [0.2, 0.25) is 5.76 Å². The molecule has 0 unspecified atom stereocenters. The molecule has 2 heterocycles. The summed E-state index contributed by atoms with van der Waals surface area (Å²) >= 11 is 0. The predicted molar refractivity (Wildman–Crippen MR) is 159 cm³/mol. The fourth-order valence-corrected chi connectivity index (χ4v) is 5.57. The number of nitrogens with one attached hydrogen (secondary N) is 1. The molecule has 0 aliphatic carbocycles. The van der Waals surface area contributed by atoms with Crippen LogP contribution in [0.25, 0.3) is 6.08 Å². The summed E-state index contributed by atoms with van der Waals surface area (Å²) in [6.45, 7) is 5.52. The maximum atomic E-state index is 12.9. The molecule has 0 aromatic heterocycles. The Bertz CT molecular complexity index is 1470. The summed E-state index contributed by atoms with van der Waals surface area (Å²) in [4.78, 5) is 41.2. The van der Waals surface area contributed by atoms with Gasteiger partial charge < -0.3 is 29.7 Å². The SMILES string of the molecule is Cc1cc(C=C(OC(=O)N2CCC(N3CCc4ccccc4NC3=O)CC2)C(=O)O)cc(C)c1OCc1ccccc1. The highest BCUT2D eigenvalue weighted by Gasteiger charge is 2.32. The van der Waals surface area contributed by atoms with Crippen LogP contribution < -0.4 is 10.1 Å². The summed E-state index contributed by atoms with van der Waals surface area (Å²) in [5.74, 6) is -1.06. The second-order valence-electron chi connectivity index (χ2n) is 10.7. The van der Waals surface area contributed by atoms with E-state index in [1.165, 1.54) is 11.0 Å². The number of amides is 3. The molecule has 218 valence electrons. The van der Waals surface area contributed by atoms with Crippen molar-refractivity contribution in [3.8, 4) is 5.75 Å². The summed E-state index contributed by atoms with van der Waals surface area (Å²) in [7, 11) is 0. The lowest BCUT2D eigenvalue weighted by Crippen LogP contribution is -2.50. The van der Waals surface area contributed by atoms with Crippen molar-refractivity contribution in [1.82, 2.24) is 9.80 Å². The molecule has 0 spiro atoms. The summed E-state index contributed by atoms with van der Waals surface area (Å²) in [5, 5.41) is 12.8. The molecule has 1 fully saturated rings. The molecule has 3 aromatic carbocycles. The number of aliphatic carboxylic acids is 1. The van der Waals surface area contributed by atoms with Crippen LogP contribution in [0.2, 0.25) is 0 Å². The molecule has 2 N–H and O–H groups in total. The molecule has 0 bridgehead atoms. The number of hydrogen-bond acceptors (Lipinski definition) is 5. The first kappa shape index (κ1) is 28.7. The van der Waals surface area contributed by atoms with Crippen molar-refractivity contribution in [1.29, 1.82) is 0 Å². The zero-order chi connectivity index (χ0) is 29.6. The topological polar surface area (TPSA) is 108 Å². The fourth-order valence-electron chi connectivity index (χ4n) is 5.57. The molecule has 0 atom stereocenters. The Labute approximate surface area is 245 Å². The van der Waals surface area contributed by atoms with E-state index >= 15 is 0 Å². The van der Waals surface area contributed by atoms with Gasteiger partial charge >= 0.3 is 18.1 Å². The lowest BCUT2D eigenvalue weighted by molar-refractivity contribution is -0.135. The van der Waals surface area contributed by atoms with Crippen molar-refractivity contribution in [3.63, 3.8) is 0 Å². The van der Waals surface area contributed by atoms with Gasteiger partial charge in [0.25, 0.3) is 0 Å². The number of nitrogens with zero attached hydrogens (tertiary/aromatic N) is 2. The number of aryl methyl sites for hydroxylation is 2. The second-order valence-corrected chi connectivity index (χ2v) is 10.7. The minimum Gasteiger partial charge on any atom is -0.488 e. The van der Waals surface area contributed by atoms with Crippen molar-refractivity contribution in [2.45, 2.75) is 45.8 Å². The first-order valence-corrected chi connectivity index (χ1v) is 14.1. The molecule has 3 amide bonds. The van der Waals surface area contributed by atoms with E-state index in [-0.39, 0.29) is 12.1 Å². The third-order valence-corrected chi connectivity index (χ3v) is 7.72. The van der Waals surface area contributed by atoms with Gasteiger partial charge in [0.1, 0.15) is 12.4 Å². The molecule has 3 aromatic rings. The maximum Gasteiger partial charge on any atom is 0.415 e. The highest BCUT2D eigenvalue weighted by atomic mass is 16.6. The molecule has 9 nitrogen and oxygen atoms in total. The quantitative estimate of drug-likeness (QED) is 0.267. The highest BCUT2D eigenvalue weighted by Crippen LogP contribution is 2.28. The van der Waals surface area contributed by atoms with Crippen LogP contribution in [0.3, 0.4) is 0 Å². The number of rotatable bonds is 7. The van der Waals surface area contributed by atoms with E-state index in [1.54, 1.807) is 12.1 Å². The molecule has 0 radical (unpaired) electrons. The van der Waals surface area contributed by atoms with Gasteiger partial charge in [0, 0.05) is 31.4 Å². The van der Waals surface area contributed by atoms with E-state index in [4.69, 9.17) is 9.47 Å². The number of hydrogen-bond donors (Lipinski definition) is 2. The normalized spacial score (nSPS) is 15.9. The van der Waals surface area contributed by atoms with Crippen molar-refractivity contribution in [2.24, 2.45) is 0 Å². The lowest BCUT2D eigenvalue weighted by Gasteiger charge is -2.37. The number of carbonyl (C=O) groups excluding carboxylic acids is 2. The standard InChI is InChI=1S/C33H35N3O6/c1-22-18-25(19-23(2)30(22)41-21-24-8-4-3-5-9-24)20-29(31(37)38)42-33(40)35-15-13-27(14-16-35)36-17-12-26-10-6-7-11-28(26)34-32(36)39/h3-11,18-20,27H,12-17,21H2,1-2H3,(H,34,39)(H,37,38). The Morgan fingerprint density at radius 2 is 1.64 bits per heavy atom. The van der Waals surface area contributed by atoms with Crippen LogP contribution in [0, 0.1) is 13.8 Å². The van der Waals surface area contributed by atoms with Crippen LogP contribution in [0.15, 0.2) is 72.5 Å². The molecule has 5 rings (SSSR count). The third-order valence-electron chi connectivity index (χ3n) is 7.72. The monoisotopic (exact) mass is 569 g/mol. The number of carboxylic acids is 1. The van der Waals surface area contributed by atoms with Gasteiger partial charge in [0.15, 0.2) is 0 Å². The molecule has 2 aliphatic heterocycles. The maximum absolute atomic E-state index is 12.9. The van der Waals surface area contributed by atoms with Gasteiger partial charge in [-0.3, -0.25) is 0 Å². The Morgan fingerprint density at radius 1 is 0.976 bits per heavy atom. The number of anilines is 1. The van der Waals surface area contributed by atoms with Gasteiger partial charge in [0.05, 0.1) is 0 Å². The average molecular weight is 570 g/mol. The number of likely N-dealkylation sites (tertiary alicyclic amines) is 1. The van der Waals surface area contributed by atoms with Gasteiger partial charge in [-0.25, -0.2) is 14.4 Å². The van der Waals surface area contributed by atoms with Crippen LogP contribution in [-0.2, 0) is 22.6 Å². The van der Waals surface area contributed by atoms with E-state index in [0.29, 0.717) is 44.6 Å². The molecule has 42 heavy (non-hydrogen) atoms. The number of para-hydroxylation sites is 1. The number of urea groups is 1. The summed E-state index contributed by atoms with van der Waals surface area (Å²) in [5.41, 5.74) is 5.26. The largest absolute Gasteiger partial charge is 0.488 e. The molecular formula is C33H35N3O6. The zero-order valence-electron chi connectivity index (χ0n) is 23.8. The number of fused-ring (bicyclic) bond motifs is 1. The Hall–Kier alpha value is -4.79. The van der Waals surface area contributed by atoms with Crippen LogP contribution in [-0.4, -0.2) is 58.7 Å². The van der Waals surface area contributed by atoms with Crippen LogP contribution >= 0.6 is 0 Å². The molecule has 9 heteroatoms. The molecule has 2 aliphatic rings. The van der Waals surface area contributed by atoms with Crippen LogP contribution in [0.4, 0.5) is 15.3 Å². The number of carbonyl (C=O) groups is 3. The molecule has 0 saturated carbocycles. The fraction of sp³-hybridized carbons (Fsp3) is 0.303. The number of benzene rings is 3. The first-order chi connectivity index (χ1) is 20.3. The third kappa shape index (κ3) is 6.74. The average Bonchev–Trinajstić information content (AvgIpc) is 3.15. The summed E-state index contributed by atoms with van der Waals surface area (Å²) < 4.78 is 11.4. The Kier molecular flexibility index (Phi) is 8.76. The molecule has 1 saturated heterocycles. The van der Waals surface area contributed by atoms with Crippen LogP contribution in [0.5, 0.6) is 5.75 Å². The van der Waals surface area contributed by atoms with Crippen molar-refractivity contribution >= 4 is 29.9 Å². The number of piperidine rings is 1. The highest BCUT2D eigenvalue weighted by molar-refractivity contribution is 5.93. The van der Waals surface area contributed by atoms with E-state index in [0.717, 1.165) is 40.1 Å². The van der Waals surface area contributed by atoms with E-state index in [2.05, 4.69) is 5.32 Å².